The second-order valence-electron chi connectivity index (χ2n) is 7.86. The molecule has 29 heavy (non-hydrogen) atoms. The number of aliphatic imine (C=N–C) groups is 1. The average Bonchev–Trinajstić information content (AvgIpc) is 3.33. The third-order valence-corrected chi connectivity index (χ3v) is 7.32. The van der Waals surface area contributed by atoms with Crippen molar-refractivity contribution >= 4 is 40.1 Å². The molecule has 1 aromatic heterocycles. The smallest absolute Gasteiger partial charge is 0.259 e. The lowest BCUT2D eigenvalue weighted by Gasteiger charge is -2.34. The number of benzene rings is 2. The molecule has 1 saturated carbocycles. The first-order valence-corrected chi connectivity index (χ1v) is 10.8. The molecule has 0 unspecified atom stereocenters. The van der Waals surface area contributed by atoms with E-state index in [1.54, 1.807) is 11.3 Å². The van der Waals surface area contributed by atoms with Gasteiger partial charge in [-0.2, -0.15) is 0 Å². The van der Waals surface area contributed by atoms with Gasteiger partial charge in [0.2, 0.25) is 0 Å². The fraction of sp³-hybridized carbons (Fsp3) is 0.208. The molecule has 4 nitrogen and oxygen atoms in total. The van der Waals surface area contributed by atoms with Gasteiger partial charge in [-0.15, -0.1) is 11.3 Å². The van der Waals surface area contributed by atoms with Gasteiger partial charge in [-0.1, -0.05) is 36.4 Å². The number of rotatable bonds is 1. The highest BCUT2D eigenvalue weighted by Gasteiger charge is 2.50. The molecule has 1 fully saturated rings. The van der Waals surface area contributed by atoms with Crippen LogP contribution < -0.4 is 4.90 Å². The molecule has 3 aliphatic rings. The molecule has 2 aromatic carbocycles. The van der Waals surface area contributed by atoms with Crippen LogP contribution in [-0.4, -0.2) is 17.4 Å². The number of anilines is 1. The fourth-order valence-electron chi connectivity index (χ4n) is 5.06. The summed E-state index contributed by atoms with van der Waals surface area (Å²) < 4.78 is 0. The van der Waals surface area contributed by atoms with E-state index in [-0.39, 0.29) is 29.6 Å². The summed E-state index contributed by atoms with van der Waals surface area (Å²) in [7, 11) is 0. The van der Waals surface area contributed by atoms with Crippen molar-refractivity contribution in [2.45, 2.75) is 24.8 Å². The Morgan fingerprint density at radius 1 is 0.931 bits per heavy atom. The van der Waals surface area contributed by atoms with Gasteiger partial charge in [0.25, 0.3) is 5.91 Å². The van der Waals surface area contributed by atoms with Crippen LogP contribution in [0.4, 0.5) is 11.4 Å². The molecule has 0 bridgehead atoms. The predicted octanol–water partition coefficient (Wildman–Crippen LogP) is 5.30. The Labute approximate surface area is 172 Å². The first kappa shape index (κ1) is 16.9. The standard InChI is InChI=1S/C24H18N2O2S/c27-20-13-14(21-10-5-11-29-21)12-18-22(20)23-15-6-1-2-7-16(15)24(28)26(23)19-9-4-3-8-17(19)25-18/h1-11,14,22-23H,12-13H2/t14-,22+,23+/m1/s1. The van der Waals surface area contributed by atoms with Gasteiger partial charge in [-0.25, -0.2) is 0 Å². The lowest BCUT2D eigenvalue weighted by atomic mass is 9.74. The molecular weight excluding hydrogens is 380 g/mol. The maximum absolute atomic E-state index is 13.5. The van der Waals surface area contributed by atoms with Gasteiger partial charge in [-0.3, -0.25) is 19.5 Å². The molecule has 3 heterocycles. The number of carbonyl (C=O) groups excluding carboxylic acids is 2. The van der Waals surface area contributed by atoms with Crippen LogP contribution in [0, 0.1) is 5.92 Å². The van der Waals surface area contributed by atoms with Crippen LogP contribution >= 0.6 is 11.3 Å². The van der Waals surface area contributed by atoms with Crippen molar-refractivity contribution in [3.63, 3.8) is 0 Å². The zero-order valence-electron chi connectivity index (χ0n) is 15.6. The van der Waals surface area contributed by atoms with E-state index in [4.69, 9.17) is 4.99 Å². The molecular formula is C24H18N2O2S. The van der Waals surface area contributed by atoms with Gasteiger partial charge >= 0.3 is 0 Å². The molecule has 5 heteroatoms. The van der Waals surface area contributed by atoms with E-state index in [2.05, 4.69) is 11.4 Å². The molecule has 1 aliphatic carbocycles. The molecule has 3 aromatic rings. The number of Topliss-reactive ketones (excluding diaryl/α,β-unsaturated/α-hetero) is 1. The summed E-state index contributed by atoms with van der Waals surface area (Å²) in [5, 5.41) is 2.06. The summed E-state index contributed by atoms with van der Waals surface area (Å²) in [5.74, 6) is -0.0711. The second-order valence-corrected chi connectivity index (χ2v) is 8.84. The zero-order valence-corrected chi connectivity index (χ0v) is 16.4. The number of amides is 1. The Balaban J connectivity index is 1.55. The van der Waals surface area contributed by atoms with Gasteiger partial charge in [0.15, 0.2) is 0 Å². The lowest BCUT2D eigenvalue weighted by molar-refractivity contribution is -0.122. The summed E-state index contributed by atoms with van der Waals surface area (Å²) in [5.41, 5.74) is 4.11. The highest BCUT2D eigenvalue weighted by Crippen LogP contribution is 2.51. The summed E-state index contributed by atoms with van der Waals surface area (Å²) in [4.78, 5) is 34.8. The number of thiophene rings is 1. The molecule has 1 amide bonds. The van der Waals surface area contributed by atoms with E-state index in [0.29, 0.717) is 12.0 Å². The van der Waals surface area contributed by atoms with E-state index in [1.807, 2.05) is 59.5 Å². The van der Waals surface area contributed by atoms with E-state index >= 15 is 0 Å². The third-order valence-electron chi connectivity index (χ3n) is 6.28. The number of fused-ring (bicyclic) bond motifs is 7. The van der Waals surface area contributed by atoms with Gasteiger partial charge in [0, 0.05) is 28.5 Å². The number of carbonyl (C=O) groups is 2. The quantitative estimate of drug-likeness (QED) is 0.559. The monoisotopic (exact) mass is 398 g/mol. The molecule has 0 N–H and O–H groups in total. The van der Waals surface area contributed by atoms with Crippen LogP contribution in [0.5, 0.6) is 0 Å². The second kappa shape index (κ2) is 6.22. The molecule has 0 spiro atoms. The predicted molar refractivity (Wildman–Crippen MR) is 114 cm³/mol. The lowest BCUT2D eigenvalue weighted by Crippen LogP contribution is -2.41. The number of para-hydroxylation sites is 2. The third kappa shape index (κ3) is 2.40. The summed E-state index contributed by atoms with van der Waals surface area (Å²) in [6.07, 6.45) is 1.26. The molecule has 142 valence electrons. The molecule has 0 radical (unpaired) electrons. The van der Waals surface area contributed by atoms with Gasteiger partial charge in [0.05, 0.1) is 23.3 Å². The Morgan fingerprint density at radius 3 is 2.62 bits per heavy atom. The summed E-state index contributed by atoms with van der Waals surface area (Å²) in [6.45, 7) is 0. The van der Waals surface area contributed by atoms with Crippen LogP contribution in [0.2, 0.25) is 0 Å². The molecule has 6 rings (SSSR count). The van der Waals surface area contributed by atoms with Gasteiger partial charge in [0.1, 0.15) is 5.78 Å². The normalized spacial score (nSPS) is 24.9. The van der Waals surface area contributed by atoms with Crippen LogP contribution in [0.1, 0.15) is 45.6 Å². The zero-order chi connectivity index (χ0) is 19.5. The SMILES string of the molecule is O=C1C[C@H](c2cccs2)CC2=Nc3ccccc3N3C(=O)c4ccccc4[C@H]3[C@H]12. The first-order chi connectivity index (χ1) is 14.2. The number of hydrogen-bond acceptors (Lipinski definition) is 4. The molecule has 0 saturated heterocycles. The van der Waals surface area contributed by atoms with Crippen molar-refractivity contribution in [1.29, 1.82) is 0 Å². The number of hydrogen-bond donors (Lipinski definition) is 0. The number of ketones is 1. The maximum Gasteiger partial charge on any atom is 0.259 e. The van der Waals surface area contributed by atoms with Crippen molar-refractivity contribution in [2.75, 3.05) is 4.90 Å². The van der Waals surface area contributed by atoms with Crippen molar-refractivity contribution in [3.8, 4) is 0 Å². The highest BCUT2D eigenvalue weighted by molar-refractivity contribution is 7.10. The van der Waals surface area contributed by atoms with Crippen LogP contribution in [0.15, 0.2) is 71.0 Å². The Morgan fingerprint density at radius 2 is 1.76 bits per heavy atom. The Bertz CT molecular complexity index is 1180. The minimum Gasteiger partial charge on any atom is -0.299 e. The van der Waals surface area contributed by atoms with Gasteiger partial charge < -0.3 is 0 Å². The van der Waals surface area contributed by atoms with Gasteiger partial charge in [-0.05, 0) is 41.6 Å². The summed E-state index contributed by atoms with van der Waals surface area (Å²) >= 11 is 1.70. The largest absolute Gasteiger partial charge is 0.299 e. The fourth-order valence-corrected chi connectivity index (χ4v) is 5.89. The maximum atomic E-state index is 13.5. The Hall–Kier alpha value is -3.05. The number of nitrogens with zero attached hydrogens (tertiary/aromatic N) is 2. The van der Waals surface area contributed by atoms with Crippen LogP contribution in [0.25, 0.3) is 0 Å². The topological polar surface area (TPSA) is 49.7 Å². The van der Waals surface area contributed by atoms with E-state index in [1.165, 1.54) is 4.88 Å². The molecule has 2 aliphatic heterocycles. The molecule has 3 atom stereocenters. The minimum atomic E-state index is -0.383. The van der Waals surface area contributed by atoms with Crippen molar-refractivity contribution in [1.82, 2.24) is 0 Å². The van der Waals surface area contributed by atoms with E-state index in [0.717, 1.165) is 29.1 Å². The van der Waals surface area contributed by atoms with E-state index in [9.17, 15) is 9.59 Å². The van der Waals surface area contributed by atoms with Crippen molar-refractivity contribution < 1.29 is 9.59 Å². The highest BCUT2D eigenvalue weighted by atomic mass is 32.1. The van der Waals surface area contributed by atoms with Crippen LogP contribution in [-0.2, 0) is 4.79 Å². The van der Waals surface area contributed by atoms with E-state index < -0.39 is 0 Å². The van der Waals surface area contributed by atoms with Crippen molar-refractivity contribution in [2.24, 2.45) is 10.9 Å². The first-order valence-electron chi connectivity index (χ1n) is 9.87. The average molecular weight is 398 g/mol. The van der Waals surface area contributed by atoms with Crippen LogP contribution in [0.3, 0.4) is 0 Å². The Kier molecular flexibility index (Phi) is 3.62. The summed E-state index contributed by atoms with van der Waals surface area (Å²) in [6, 6.07) is 19.3. The van der Waals surface area contributed by atoms with Crippen molar-refractivity contribution in [3.05, 3.63) is 82.0 Å². The minimum absolute atomic E-state index is 0.0392.